The number of amides is 2. The molecule has 2 atom stereocenters. The molecule has 0 aromatic carbocycles. The van der Waals surface area contributed by atoms with Crippen molar-refractivity contribution in [3.63, 3.8) is 0 Å². The van der Waals surface area contributed by atoms with E-state index in [9.17, 15) is 9.59 Å². The number of piperidine rings is 1. The van der Waals surface area contributed by atoms with Crippen LogP contribution in [0.25, 0.3) is 0 Å². The zero-order valence-corrected chi connectivity index (χ0v) is 18.4. The van der Waals surface area contributed by atoms with Gasteiger partial charge in [-0.1, -0.05) is 6.42 Å². The SMILES string of the molecule is CN(CCN(CCN1CCCCC1)C(=O)[C@@H]1CCCS1)C(=O)[C@@H]1CCCS1. The van der Waals surface area contributed by atoms with Gasteiger partial charge in [-0.2, -0.15) is 0 Å². The first-order valence-electron chi connectivity index (χ1n) is 10.6. The van der Waals surface area contributed by atoms with E-state index in [1.807, 2.05) is 28.6 Å². The summed E-state index contributed by atoms with van der Waals surface area (Å²) in [7, 11) is 1.90. The van der Waals surface area contributed by atoms with Crippen molar-refractivity contribution >= 4 is 35.3 Å². The first-order valence-corrected chi connectivity index (χ1v) is 12.7. The van der Waals surface area contributed by atoms with Crippen LogP contribution in [0.15, 0.2) is 0 Å². The normalized spacial score (nSPS) is 26.3. The maximum atomic E-state index is 13.0. The van der Waals surface area contributed by atoms with Crippen LogP contribution >= 0.6 is 23.5 Å². The molecule has 27 heavy (non-hydrogen) atoms. The van der Waals surface area contributed by atoms with Gasteiger partial charge in [-0.3, -0.25) is 9.59 Å². The molecular weight excluding hydrogens is 378 g/mol. The third kappa shape index (κ3) is 6.29. The van der Waals surface area contributed by atoms with Crippen molar-refractivity contribution in [3.05, 3.63) is 0 Å². The van der Waals surface area contributed by atoms with Gasteiger partial charge >= 0.3 is 0 Å². The summed E-state index contributed by atoms with van der Waals surface area (Å²) < 4.78 is 0. The van der Waals surface area contributed by atoms with Gasteiger partial charge in [0.1, 0.15) is 0 Å². The summed E-state index contributed by atoms with van der Waals surface area (Å²) in [6.45, 7) is 5.42. The molecule has 0 unspecified atom stereocenters. The first kappa shape index (κ1) is 21.3. The lowest BCUT2D eigenvalue weighted by Gasteiger charge is -2.32. The van der Waals surface area contributed by atoms with Gasteiger partial charge in [0, 0.05) is 33.2 Å². The van der Waals surface area contributed by atoms with Crippen molar-refractivity contribution in [1.82, 2.24) is 14.7 Å². The smallest absolute Gasteiger partial charge is 0.235 e. The molecule has 0 bridgehead atoms. The van der Waals surface area contributed by atoms with Crippen molar-refractivity contribution in [2.24, 2.45) is 0 Å². The van der Waals surface area contributed by atoms with E-state index in [-0.39, 0.29) is 16.4 Å². The summed E-state index contributed by atoms with van der Waals surface area (Å²) in [6.07, 6.45) is 8.21. The number of carbonyl (C=O) groups excluding carboxylic acids is 2. The minimum Gasteiger partial charge on any atom is -0.343 e. The maximum Gasteiger partial charge on any atom is 0.235 e. The third-order valence-electron chi connectivity index (χ3n) is 5.94. The standard InChI is InChI=1S/C20H35N3O2S2/c1-21(19(24)17-7-5-15-26-17)11-13-23(20(25)18-8-6-16-27-18)14-12-22-9-3-2-4-10-22/h17-18H,2-16H2,1H3/t17-,18-/m0/s1. The van der Waals surface area contributed by atoms with Gasteiger partial charge in [-0.15, -0.1) is 23.5 Å². The van der Waals surface area contributed by atoms with Gasteiger partial charge < -0.3 is 14.7 Å². The van der Waals surface area contributed by atoms with Crippen molar-refractivity contribution in [2.75, 3.05) is 57.8 Å². The Morgan fingerprint density at radius 1 is 0.852 bits per heavy atom. The van der Waals surface area contributed by atoms with Gasteiger partial charge in [0.2, 0.25) is 11.8 Å². The average molecular weight is 414 g/mol. The first-order chi connectivity index (χ1) is 13.1. The largest absolute Gasteiger partial charge is 0.343 e. The summed E-state index contributed by atoms with van der Waals surface area (Å²) in [5.74, 6) is 2.75. The summed E-state index contributed by atoms with van der Waals surface area (Å²) >= 11 is 3.60. The van der Waals surface area contributed by atoms with Crippen LogP contribution < -0.4 is 0 Å². The second kappa shape index (κ2) is 11.0. The lowest BCUT2D eigenvalue weighted by atomic mass is 10.1. The molecule has 0 N–H and O–H groups in total. The van der Waals surface area contributed by atoms with E-state index in [0.717, 1.165) is 63.4 Å². The van der Waals surface area contributed by atoms with Crippen LogP contribution in [0.4, 0.5) is 0 Å². The van der Waals surface area contributed by atoms with Gasteiger partial charge in [-0.05, 0) is 63.1 Å². The Morgan fingerprint density at radius 3 is 2.07 bits per heavy atom. The van der Waals surface area contributed by atoms with E-state index in [1.165, 1.54) is 19.3 Å². The molecule has 5 nitrogen and oxygen atoms in total. The molecule has 3 aliphatic rings. The van der Waals surface area contributed by atoms with Crippen molar-refractivity contribution in [1.29, 1.82) is 0 Å². The Labute approximate surface area is 173 Å². The minimum absolute atomic E-state index is 0.137. The number of hydrogen-bond donors (Lipinski definition) is 0. The predicted octanol–water partition coefficient (Wildman–Crippen LogP) is 2.55. The molecule has 3 rings (SSSR count). The van der Waals surface area contributed by atoms with Crippen LogP contribution in [0.2, 0.25) is 0 Å². The monoisotopic (exact) mass is 413 g/mol. The van der Waals surface area contributed by atoms with E-state index >= 15 is 0 Å². The van der Waals surface area contributed by atoms with Crippen LogP contribution in [0.5, 0.6) is 0 Å². The van der Waals surface area contributed by atoms with E-state index < -0.39 is 0 Å². The fourth-order valence-electron chi connectivity index (χ4n) is 4.15. The molecule has 2 amide bonds. The number of nitrogens with zero attached hydrogens (tertiary/aromatic N) is 3. The second-order valence-corrected chi connectivity index (χ2v) is 10.6. The number of rotatable bonds is 8. The Bertz CT molecular complexity index is 488. The Balaban J connectivity index is 1.51. The van der Waals surface area contributed by atoms with Crippen molar-refractivity contribution in [2.45, 2.75) is 55.4 Å². The molecule has 0 spiro atoms. The highest BCUT2D eigenvalue weighted by molar-refractivity contribution is 8.01. The summed E-state index contributed by atoms with van der Waals surface area (Å²) in [6, 6.07) is 0. The molecule has 3 fully saturated rings. The zero-order chi connectivity index (χ0) is 19.1. The number of thioether (sulfide) groups is 2. The topological polar surface area (TPSA) is 43.9 Å². The highest BCUT2D eigenvalue weighted by Crippen LogP contribution is 2.28. The van der Waals surface area contributed by atoms with Crippen LogP contribution in [-0.2, 0) is 9.59 Å². The third-order valence-corrected chi connectivity index (χ3v) is 8.67. The molecule has 3 heterocycles. The van der Waals surface area contributed by atoms with E-state index in [0.29, 0.717) is 19.0 Å². The maximum absolute atomic E-state index is 13.0. The van der Waals surface area contributed by atoms with Crippen molar-refractivity contribution < 1.29 is 9.59 Å². The summed E-state index contributed by atoms with van der Waals surface area (Å²) in [5.41, 5.74) is 0. The number of carbonyl (C=O) groups is 2. The second-order valence-electron chi connectivity index (χ2n) is 7.99. The van der Waals surface area contributed by atoms with Gasteiger partial charge in [0.05, 0.1) is 10.5 Å². The zero-order valence-electron chi connectivity index (χ0n) is 16.7. The molecule has 0 aliphatic carbocycles. The lowest BCUT2D eigenvalue weighted by Crippen LogP contribution is -2.47. The quantitative estimate of drug-likeness (QED) is 0.612. The predicted molar refractivity (Wildman–Crippen MR) is 115 cm³/mol. The average Bonchev–Trinajstić information content (AvgIpc) is 3.41. The Morgan fingerprint density at radius 2 is 1.48 bits per heavy atom. The van der Waals surface area contributed by atoms with Crippen LogP contribution in [0.3, 0.4) is 0 Å². The number of hydrogen-bond acceptors (Lipinski definition) is 5. The molecule has 0 radical (unpaired) electrons. The number of likely N-dealkylation sites (N-methyl/N-ethyl adjacent to an activating group) is 1. The van der Waals surface area contributed by atoms with Crippen molar-refractivity contribution in [3.8, 4) is 0 Å². The molecule has 154 valence electrons. The fourth-order valence-corrected chi connectivity index (χ4v) is 6.67. The molecule has 7 heteroatoms. The van der Waals surface area contributed by atoms with E-state index in [2.05, 4.69) is 4.90 Å². The van der Waals surface area contributed by atoms with Gasteiger partial charge in [-0.25, -0.2) is 0 Å². The summed E-state index contributed by atoms with van der Waals surface area (Å²) in [5, 5.41) is 0.274. The molecular formula is C20H35N3O2S2. The lowest BCUT2D eigenvalue weighted by molar-refractivity contribution is -0.134. The van der Waals surface area contributed by atoms with Gasteiger partial charge in [0.15, 0.2) is 0 Å². The minimum atomic E-state index is 0.137. The van der Waals surface area contributed by atoms with E-state index in [1.54, 1.807) is 11.8 Å². The Kier molecular flexibility index (Phi) is 8.65. The number of likely N-dealkylation sites (tertiary alicyclic amines) is 1. The molecule has 3 saturated heterocycles. The molecule has 0 aromatic heterocycles. The molecule has 0 saturated carbocycles. The van der Waals surface area contributed by atoms with Crippen LogP contribution in [0.1, 0.15) is 44.9 Å². The fraction of sp³-hybridized carbons (Fsp3) is 0.900. The molecule has 0 aromatic rings. The van der Waals surface area contributed by atoms with Crippen LogP contribution in [0, 0.1) is 0 Å². The summed E-state index contributed by atoms with van der Waals surface area (Å²) in [4.78, 5) is 32.0. The van der Waals surface area contributed by atoms with Gasteiger partial charge in [0.25, 0.3) is 0 Å². The van der Waals surface area contributed by atoms with E-state index in [4.69, 9.17) is 0 Å². The molecule has 3 aliphatic heterocycles. The Hall–Kier alpha value is -0.400. The highest BCUT2D eigenvalue weighted by atomic mass is 32.2. The van der Waals surface area contributed by atoms with Crippen LogP contribution in [-0.4, -0.2) is 94.8 Å². The highest BCUT2D eigenvalue weighted by Gasteiger charge is 2.30.